The molecule has 3 nitrogen and oxygen atoms in total. The maximum atomic E-state index is 3.34. The SMILES string of the molecule is O.O.O.[Br][Zr]([Br])([Br])[Br]. The Balaban J connectivity index is -0.0000000267. The first kappa shape index (κ1) is 22.4. The molecule has 6 N–H and O–H groups in total. The molecule has 0 unspecified atom stereocenters. The van der Waals surface area contributed by atoms with Crippen LogP contribution in [0.1, 0.15) is 0 Å². The van der Waals surface area contributed by atoms with Gasteiger partial charge >= 0.3 is 59.7 Å². The van der Waals surface area contributed by atoms with Gasteiger partial charge in [0, 0.05) is 0 Å². The molecule has 0 saturated heterocycles. The molecule has 0 aliphatic rings. The number of hydrogen-bond acceptors (Lipinski definition) is 0. The van der Waals surface area contributed by atoms with Crippen LogP contribution >= 0.6 is 48.9 Å². The van der Waals surface area contributed by atoms with Gasteiger partial charge < -0.3 is 16.4 Å². The van der Waals surface area contributed by atoms with Gasteiger partial charge in [-0.25, -0.2) is 0 Å². The van der Waals surface area contributed by atoms with E-state index in [1.54, 1.807) is 0 Å². The number of halogens is 4. The quantitative estimate of drug-likeness (QED) is 0.509. The molecule has 0 aromatic carbocycles. The Labute approximate surface area is 74.7 Å². The fourth-order valence-electron chi connectivity index (χ4n) is 0. The van der Waals surface area contributed by atoms with Crippen molar-refractivity contribution in [2.75, 3.05) is 0 Å². The summed E-state index contributed by atoms with van der Waals surface area (Å²) >= 11 is 13.3. The van der Waals surface area contributed by atoms with Crippen molar-refractivity contribution < 1.29 is 27.3 Å². The molecular formula is H6Br4O3Zr. The molecular weight excluding hydrogens is 459 g/mol. The summed E-state index contributed by atoms with van der Waals surface area (Å²) in [4.78, 5) is 0. The first-order valence-electron chi connectivity index (χ1n) is 0.756. The summed E-state index contributed by atoms with van der Waals surface area (Å²) in [6, 6.07) is 0. The average Bonchev–Trinajstić information content (AvgIpc) is 0.722. The molecule has 0 radical (unpaired) electrons. The second kappa shape index (κ2) is 9.68. The molecule has 0 aromatic rings. The van der Waals surface area contributed by atoms with Crippen LogP contribution in [0.15, 0.2) is 0 Å². The third-order valence-corrected chi connectivity index (χ3v) is 0. The third-order valence-electron chi connectivity index (χ3n) is 0. The standard InChI is InChI=1S/4BrH.3H2O.Zr/h4*1H;3*1H2;/q;;;;;;;+4/p-4. The molecule has 0 atom stereocenters. The van der Waals surface area contributed by atoms with Crippen molar-refractivity contribution in [3.63, 3.8) is 0 Å². The van der Waals surface area contributed by atoms with Crippen molar-refractivity contribution >= 4 is 48.9 Å². The van der Waals surface area contributed by atoms with E-state index in [2.05, 4.69) is 48.9 Å². The van der Waals surface area contributed by atoms with Gasteiger partial charge in [0.2, 0.25) is 0 Å². The molecule has 0 aliphatic carbocycles. The van der Waals surface area contributed by atoms with Gasteiger partial charge in [0.1, 0.15) is 0 Å². The molecule has 0 heterocycles. The van der Waals surface area contributed by atoms with E-state index in [4.69, 9.17) is 0 Å². The van der Waals surface area contributed by atoms with Crippen molar-refractivity contribution in [1.82, 2.24) is 0 Å². The molecule has 0 aliphatic heterocycles. The Morgan fingerprint density at radius 2 is 0.625 bits per heavy atom. The van der Waals surface area contributed by atoms with Crippen LogP contribution in [0.2, 0.25) is 0 Å². The summed E-state index contributed by atoms with van der Waals surface area (Å²) in [5.41, 5.74) is 0. The van der Waals surface area contributed by atoms with Gasteiger partial charge in [-0.15, -0.1) is 0 Å². The minimum atomic E-state index is -1.93. The molecule has 0 fully saturated rings. The molecule has 0 saturated carbocycles. The van der Waals surface area contributed by atoms with Crippen LogP contribution in [-0.4, -0.2) is 16.4 Å². The summed E-state index contributed by atoms with van der Waals surface area (Å²) in [7, 11) is -1.93. The van der Waals surface area contributed by atoms with Crippen molar-refractivity contribution in [3.8, 4) is 0 Å². The zero-order valence-electron chi connectivity index (χ0n) is 3.51. The van der Waals surface area contributed by atoms with E-state index in [9.17, 15) is 0 Å². The fourth-order valence-corrected chi connectivity index (χ4v) is 0. The molecule has 0 bridgehead atoms. The van der Waals surface area contributed by atoms with E-state index in [1.165, 1.54) is 0 Å². The van der Waals surface area contributed by atoms with Crippen LogP contribution in [0.25, 0.3) is 0 Å². The summed E-state index contributed by atoms with van der Waals surface area (Å²) < 4.78 is 0. The van der Waals surface area contributed by atoms with Crippen molar-refractivity contribution in [2.45, 2.75) is 0 Å². The van der Waals surface area contributed by atoms with Crippen LogP contribution < -0.4 is 0 Å². The fraction of sp³-hybridized carbons (Fsp3) is 0. The maximum absolute atomic E-state index is 3.34. The second-order valence-electron chi connectivity index (χ2n) is 0.429. The zero-order valence-corrected chi connectivity index (χ0v) is 12.3. The summed E-state index contributed by atoms with van der Waals surface area (Å²) in [6.45, 7) is 0. The molecule has 8 heavy (non-hydrogen) atoms. The van der Waals surface area contributed by atoms with Gasteiger partial charge in [0.25, 0.3) is 0 Å². The number of hydrogen-bond donors (Lipinski definition) is 0. The summed E-state index contributed by atoms with van der Waals surface area (Å²) in [6.07, 6.45) is 0. The summed E-state index contributed by atoms with van der Waals surface area (Å²) in [5, 5.41) is 0. The van der Waals surface area contributed by atoms with E-state index in [1.807, 2.05) is 0 Å². The van der Waals surface area contributed by atoms with Crippen LogP contribution in [0.3, 0.4) is 0 Å². The van der Waals surface area contributed by atoms with Gasteiger partial charge in [-0.2, -0.15) is 0 Å². The van der Waals surface area contributed by atoms with Crippen LogP contribution in [0.5, 0.6) is 0 Å². The Hall–Kier alpha value is 2.68. The number of rotatable bonds is 0. The van der Waals surface area contributed by atoms with E-state index >= 15 is 0 Å². The summed E-state index contributed by atoms with van der Waals surface area (Å²) in [5.74, 6) is 0. The second-order valence-corrected chi connectivity index (χ2v) is 68.5. The first-order chi connectivity index (χ1) is 2.00. The van der Waals surface area contributed by atoms with Gasteiger partial charge in [-0.3, -0.25) is 0 Å². The Kier molecular flexibility index (Phi) is 27.1. The Morgan fingerprint density at radius 3 is 0.625 bits per heavy atom. The van der Waals surface area contributed by atoms with Crippen LogP contribution in [-0.2, 0) is 10.9 Å². The van der Waals surface area contributed by atoms with Crippen LogP contribution in [0, 0.1) is 0 Å². The molecule has 0 spiro atoms. The molecule has 56 valence electrons. The van der Waals surface area contributed by atoms with Gasteiger partial charge in [-0.05, 0) is 0 Å². The van der Waals surface area contributed by atoms with E-state index in [0.29, 0.717) is 0 Å². The molecule has 0 aromatic heterocycles. The Morgan fingerprint density at radius 1 is 0.625 bits per heavy atom. The molecule has 0 amide bonds. The molecule has 8 heteroatoms. The molecule has 0 rings (SSSR count). The average molecular weight is 465 g/mol. The normalized spacial score (nSPS) is 7.50. The van der Waals surface area contributed by atoms with E-state index in [0.717, 1.165) is 0 Å². The van der Waals surface area contributed by atoms with E-state index < -0.39 is 10.9 Å². The van der Waals surface area contributed by atoms with Gasteiger partial charge in [0.05, 0.1) is 0 Å². The Bertz CT molecular complexity index is 26.8. The minimum absolute atomic E-state index is 0. The first-order valence-corrected chi connectivity index (χ1v) is 23.2. The van der Waals surface area contributed by atoms with Crippen molar-refractivity contribution in [2.24, 2.45) is 0 Å². The van der Waals surface area contributed by atoms with Crippen molar-refractivity contribution in [3.05, 3.63) is 0 Å². The predicted octanol–water partition coefficient (Wildman–Crippen LogP) is 0.906. The predicted molar refractivity (Wildman–Crippen MR) is 46.5 cm³/mol. The van der Waals surface area contributed by atoms with Gasteiger partial charge in [-0.1, -0.05) is 0 Å². The third kappa shape index (κ3) is 71.2. The van der Waals surface area contributed by atoms with E-state index in [-0.39, 0.29) is 16.4 Å². The topological polar surface area (TPSA) is 94.5 Å². The van der Waals surface area contributed by atoms with Crippen LogP contribution in [0.4, 0.5) is 0 Å². The monoisotopic (exact) mass is 460 g/mol. The zero-order chi connectivity index (χ0) is 4.50. The van der Waals surface area contributed by atoms with Gasteiger partial charge in [0.15, 0.2) is 0 Å². The van der Waals surface area contributed by atoms with Crippen molar-refractivity contribution in [1.29, 1.82) is 0 Å².